The molecule has 1 fully saturated rings. The van der Waals surface area contributed by atoms with Crippen LogP contribution in [-0.4, -0.2) is 27.8 Å². The van der Waals surface area contributed by atoms with Crippen molar-refractivity contribution in [2.24, 2.45) is 0 Å². The molecule has 1 aromatic heterocycles. The van der Waals surface area contributed by atoms with Crippen molar-refractivity contribution in [3.63, 3.8) is 0 Å². The highest BCUT2D eigenvalue weighted by molar-refractivity contribution is 5.72. The van der Waals surface area contributed by atoms with Gasteiger partial charge in [0.2, 0.25) is 0 Å². The van der Waals surface area contributed by atoms with E-state index in [9.17, 15) is 4.79 Å². The van der Waals surface area contributed by atoms with Crippen molar-refractivity contribution in [1.29, 1.82) is 0 Å². The Morgan fingerprint density at radius 3 is 2.79 bits per heavy atom. The molecule has 1 aliphatic rings. The van der Waals surface area contributed by atoms with Crippen LogP contribution in [0.4, 0.5) is 5.82 Å². The molecule has 0 aromatic carbocycles. The number of carbonyl (C=O) groups is 1. The number of hydrogen-bond donors (Lipinski definition) is 2. The predicted molar refractivity (Wildman–Crippen MR) is 50.1 cm³/mol. The minimum absolute atomic E-state index is 0.128. The van der Waals surface area contributed by atoms with Crippen LogP contribution in [-0.2, 0) is 4.79 Å². The molecule has 5 heteroatoms. The SMILES string of the molecule is O=C(O)CNc1ccc(C2CC2)nn1. The van der Waals surface area contributed by atoms with Gasteiger partial charge in [-0.25, -0.2) is 0 Å². The second-order valence-electron chi connectivity index (χ2n) is 3.37. The van der Waals surface area contributed by atoms with Crippen molar-refractivity contribution in [1.82, 2.24) is 10.2 Å². The second kappa shape index (κ2) is 3.61. The van der Waals surface area contributed by atoms with Gasteiger partial charge in [-0.1, -0.05) is 0 Å². The Hall–Kier alpha value is -1.65. The molecule has 2 N–H and O–H groups in total. The summed E-state index contributed by atoms with van der Waals surface area (Å²) in [7, 11) is 0. The Labute approximate surface area is 81.2 Å². The number of anilines is 1. The predicted octanol–water partition coefficient (Wildman–Crippen LogP) is 0.851. The van der Waals surface area contributed by atoms with Gasteiger partial charge in [-0.3, -0.25) is 4.79 Å². The highest BCUT2D eigenvalue weighted by Crippen LogP contribution is 2.38. The molecule has 0 atom stereocenters. The van der Waals surface area contributed by atoms with E-state index in [1.165, 1.54) is 12.8 Å². The lowest BCUT2D eigenvalue weighted by atomic mass is 10.3. The molecule has 0 amide bonds. The number of rotatable bonds is 4. The standard InChI is InChI=1S/C9H11N3O2/c13-9(14)5-10-8-4-3-7(11-12-8)6-1-2-6/h3-4,6H,1-2,5H2,(H,10,12)(H,13,14). The molecular weight excluding hydrogens is 182 g/mol. The maximum atomic E-state index is 10.2. The molecule has 0 bridgehead atoms. The van der Waals surface area contributed by atoms with Gasteiger partial charge in [0.05, 0.1) is 5.69 Å². The topological polar surface area (TPSA) is 75.1 Å². The third-order valence-electron chi connectivity index (χ3n) is 2.10. The first kappa shape index (κ1) is 8.93. The number of aliphatic carboxylic acids is 1. The lowest BCUT2D eigenvalue weighted by Gasteiger charge is -2.01. The van der Waals surface area contributed by atoms with Crippen LogP contribution >= 0.6 is 0 Å². The lowest BCUT2D eigenvalue weighted by Crippen LogP contribution is -2.13. The molecule has 0 unspecified atom stereocenters. The Bertz CT molecular complexity index is 332. The van der Waals surface area contributed by atoms with Crippen molar-refractivity contribution < 1.29 is 9.90 Å². The summed E-state index contributed by atoms with van der Waals surface area (Å²) in [6, 6.07) is 3.67. The monoisotopic (exact) mass is 193 g/mol. The van der Waals surface area contributed by atoms with E-state index >= 15 is 0 Å². The van der Waals surface area contributed by atoms with Crippen LogP contribution < -0.4 is 5.32 Å². The van der Waals surface area contributed by atoms with Gasteiger partial charge in [0.15, 0.2) is 0 Å². The van der Waals surface area contributed by atoms with E-state index in [2.05, 4.69) is 15.5 Å². The summed E-state index contributed by atoms with van der Waals surface area (Å²) in [5, 5.41) is 19.0. The summed E-state index contributed by atoms with van der Waals surface area (Å²) in [6.45, 7) is -0.128. The van der Waals surface area contributed by atoms with Gasteiger partial charge < -0.3 is 10.4 Å². The van der Waals surface area contributed by atoms with Crippen LogP contribution in [0.25, 0.3) is 0 Å². The van der Waals surface area contributed by atoms with Gasteiger partial charge in [0.25, 0.3) is 0 Å². The van der Waals surface area contributed by atoms with Gasteiger partial charge in [-0.05, 0) is 25.0 Å². The third-order valence-corrected chi connectivity index (χ3v) is 2.10. The maximum absolute atomic E-state index is 10.2. The zero-order chi connectivity index (χ0) is 9.97. The summed E-state index contributed by atoms with van der Waals surface area (Å²) < 4.78 is 0. The Balaban J connectivity index is 1.95. The third kappa shape index (κ3) is 2.18. The van der Waals surface area contributed by atoms with E-state index in [0.29, 0.717) is 11.7 Å². The van der Waals surface area contributed by atoms with E-state index in [1.807, 2.05) is 6.07 Å². The van der Waals surface area contributed by atoms with Gasteiger partial charge in [0, 0.05) is 5.92 Å². The molecular formula is C9H11N3O2. The second-order valence-corrected chi connectivity index (χ2v) is 3.37. The first-order valence-corrected chi connectivity index (χ1v) is 4.55. The minimum Gasteiger partial charge on any atom is -0.480 e. The van der Waals surface area contributed by atoms with Crippen LogP contribution in [0.5, 0.6) is 0 Å². The van der Waals surface area contributed by atoms with Gasteiger partial charge in [0.1, 0.15) is 12.4 Å². The molecule has 5 nitrogen and oxygen atoms in total. The van der Waals surface area contributed by atoms with Gasteiger partial charge in [-0.15, -0.1) is 5.10 Å². The van der Waals surface area contributed by atoms with Crippen LogP contribution in [0, 0.1) is 0 Å². The molecule has 1 aliphatic carbocycles. The summed E-state index contributed by atoms with van der Waals surface area (Å²) >= 11 is 0. The molecule has 1 heterocycles. The first-order valence-electron chi connectivity index (χ1n) is 4.55. The fraction of sp³-hybridized carbons (Fsp3) is 0.444. The Morgan fingerprint density at radius 2 is 2.29 bits per heavy atom. The van der Waals surface area contributed by atoms with Crippen LogP contribution in [0.15, 0.2) is 12.1 Å². The number of hydrogen-bond acceptors (Lipinski definition) is 4. The van der Waals surface area contributed by atoms with Gasteiger partial charge >= 0.3 is 5.97 Å². The molecule has 0 radical (unpaired) electrons. The van der Waals surface area contributed by atoms with E-state index < -0.39 is 5.97 Å². The molecule has 0 saturated heterocycles. The highest BCUT2D eigenvalue weighted by Gasteiger charge is 2.25. The number of carboxylic acids is 1. The largest absolute Gasteiger partial charge is 0.480 e. The maximum Gasteiger partial charge on any atom is 0.322 e. The summed E-state index contributed by atoms with van der Waals surface area (Å²) in [6.07, 6.45) is 2.38. The minimum atomic E-state index is -0.905. The molecule has 14 heavy (non-hydrogen) atoms. The quantitative estimate of drug-likeness (QED) is 0.741. The number of nitrogens with zero attached hydrogens (tertiary/aromatic N) is 2. The fourth-order valence-electron chi connectivity index (χ4n) is 1.20. The molecule has 1 aromatic rings. The normalized spacial score (nSPS) is 15.1. The van der Waals surface area contributed by atoms with E-state index in [0.717, 1.165) is 5.69 Å². The van der Waals surface area contributed by atoms with Crippen molar-refractivity contribution in [3.05, 3.63) is 17.8 Å². The average molecular weight is 193 g/mol. The van der Waals surface area contributed by atoms with Crippen molar-refractivity contribution in [3.8, 4) is 0 Å². The molecule has 0 aliphatic heterocycles. The molecule has 1 saturated carbocycles. The van der Waals surface area contributed by atoms with Crippen molar-refractivity contribution in [2.75, 3.05) is 11.9 Å². The Morgan fingerprint density at radius 1 is 1.50 bits per heavy atom. The number of carboxylic acid groups (broad SMARTS) is 1. The zero-order valence-corrected chi connectivity index (χ0v) is 7.60. The summed E-state index contributed by atoms with van der Waals surface area (Å²) in [5.41, 5.74) is 1.01. The average Bonchev–Trinajstić information content (AvgIpc) is 2.99. The smallest absolute Gasteiger partial charge is 0.322 e. The molecule has 2 rings (SSSR count). The van der Waals surface area contributed by atoms with Crippen molar-refractivity contribution >= 4 is 11.8 Å². The Kier molecular flexibility index (Phi) is 2.30. The van der Waals surface area contributed by atoms with Crippen LogP contribution in [0.1, 0.15) is 24.5 Å². The van der Waals surface area contributed by atoms with E-state index in [1.54, 1.807) is 6.07 Å². The van der Waals surface area contributed by atoms with Crippen molar-refractivity contribution in [2.45, 2.75) is 18.8 Å². The highest BCUT2D eigenvalue weighted by atomic mass is 16.4. The number of nitrogens with one attached hydrogen (secondary N) is 1. The number of aromatic nitrogens is 2. The fourth-order valence-corrected chi connectivity index (χ4v) is 1.20. The van der Waals surface area contributed by atoms with E-state index in [-0.39, 0.29) is 6.54 Å². The summed E-state index contributed by atoms with van der Waals surface area (Å²) in [5.74, 6) is 0.186. The van der Waals surface area contributed by atoms with E-state index in [4.69, 9.17) is 5.11 Å². The zero-order valence-electron chi connectivity index (χ0n) is 7.60. The molecule has 0 spiro atoms. The molecule has 74 valence electrons. The van der Waals surface area contributed by atoms with Gasteiger partial charge in [-0.2, -0.15) is 5.10 Å². The van der Waals surface area contributed by atoms with Crippen LogP contribution in [0.3, 0.4) is 0 Å². The van der Waals surface area contributed by atoms with Crippen LogP contribution in [0.2, 0.25) is 0 Å². The lowest BCUT2D eigenvalue weighted by molar-refractivity contribution is -0.134. The first-order chi connectivity index (χ1) is 6.75. The summed E-state index contributed by atoms with van der Waals surface area (Å²) in [4.78, 5) is 10.2.